The molecule has 3 rings (SSSR count). The molecule has 138 valence electrons. The molecule has 1 aromatic rings. The highest BCUT2D eigenvalue weighted by molar-refractivity contribution is 5.34. The highest BCUT2D eigenvalue weighted by atomic mass is 16.3. The first-order valence-corrected chi connectivity index (χ1v) is 9.47. The molecular formula is C19H31N5O. The number of hydrogen-bond acceptors (Lipinski definition) is 5. The molecule has 2 aliphatic heterocycles. The fourth-order valence-corrected chi connectivity index (χ4v) is 4.21. The van der Waals surface area contributed by atoms with E-state index in [0.717, 1.165) is 58.1 Å². The minimum atomic E-state index is 0.269. The van der Waals surface area contributed by atoms with Gasteiger partial charge >= 0.3 is 0 Å². The van der Waals surface area contributed by atoms with Gasteiger partial charge in [0.1, 0.15) is 11.8 Å². The van der Waals surface area contributed by atoms with Crippen LogP contribution in [0.2, 0.25) is 0 Å². The minimum Gasteiger partial charge on any atom is -0.395 e. The fourth-order valence-electron chi connectivity index (χ4n) is 4.21. The molecule has 0 spiro atoms. The lowest BCUT2D eigenvalue weighted by Crippen LogP contribution is -2.53. The van der Waals surface area contributed by atoms with Crippen molar-refractivity contribution in [3.63, 3.8) is 0 Å². The Kier molecular flexibility index (Phi) is 6.13. The van der Waals surface area contributed by atoms with E-state index in [4.69, 9.17) is 5.11 Å². The zero-order chi connectivity index (χ0) is 17.8. The fraction of sp³-hybridized carbons (Fsp3) is 0.737. The summed E-state index contributed by atoms with van der Waals surface area (Å²) in [4.78, 5) is 7.53. The Morgan fingerprint density at radius 2 is 1.80 bits per heavy atom. The van der Waals surface area contributed by atoms with Crippen LogP contribution in [0.3, 0.4) is 0 Å². The third-order valence-corrected chi connectivity index (χ3v) is 6.05. The van der Waals surface area contributed by atoms with Crippen LogP contribution in [-0.4, -0.2) is 82.8 Å². The van der Waals surface area contributed by atoms with E-state index in [2.05, 4.69) is 27.7 Å². The van der Waals surface area contributed by atoms with Crippen LogP contribution in [0, 0.1) is 18.3 Å². The summed E-state index contributed by atoms with van der Waals surface area (Å²) in [5, 5.41) is 18.2. The van der Waals surface area contributed by atoms with E-state index < -0.39 is 0 Å². The van der Waals surface area contributed by atoms with Crippen LogP contribution in [0.4, 0.5) is 0 Å². The van der Waals surface area contributed by atoms with Crippen LogP contribution in [0.15, 0.2) is 6.07 Å². The van der Waals surface area contributed by atoms with Gasteiger partial charge in [-0.25, -0.2) is 0 Å². The van der Waals surface area contributed by atoms with E-state index >= 15 is 0 Å². The first kappa shape index (κ1) is 18.4. The summed E-state index contributed by atoms with van der Waals surface area (Å²) in [6.07, 6.45) is 2.47. The van der Waals surface area contributed by atoms with E-state index in [9.17, 15) is 5.26 Å². The Labute approximate surface area is 151 Å². The molecule has 6 heteroatoms. The standard InChI is InChI=1S/C19H31N5O/c1-16-17(13-19(14-20)21(16)2)15-23-5-3-18(4-6-23)24-9-7-22(8-10-24)11-12-25/h13,18,25H,3-12,15H2,1-2H3. The summed E-state index contributed by atoms with van der Waals surface area (Å²) in [5.41, 5.74) is 3.25. The summed E-state index contributed by atoms with van der Waals surface area (Å²) >= 11 is 0. The zero-order valence-corrected chi connectivity index (χ0v) is 15.6. The Hall–Kier alpha value is -1.39. The van der Waals surface area contributed by atoms with E-state index in [0.29, 0.717) is 6.04 Å². The van der Waals surface area contributed by atoms with Gasteiger partial charge in [-0.2, -0.15) is 5.26 Å². The Morgan fingerprint density at radius 3 is 2.36 bits per heavy atom. The molecule has 0 atom stereocenters. The number of piperazine rings is 1. The summed E-state index contributed by atoms with van der Waals surface area (Å²) in [6, 6.07) is 5.03. The maximum absolute atomic E-state index is 9.19. The van der Waals surface area contributed by atoms with Gasteiger partial charge in [-0.15, -0.1) is 0 Å². The predicted octanol–water partition coefficient (Wildman–Crippen LogP) is 0.780. The lowest BCUT2D eigenvalue weighted by atomic mass is 10.0. The summed E-state index contributed by atoms with van der Waals surface area (Å²) in [7, 11) is 1.97. The van der Waals surface area contributed by atoms with Crippen molar-refractivity contribution in [1.29, 1.82) is 5.26 Å². The second kappa shape index (κ2) is 8.33. The second-order valence-corrected chi connectivity index (χ2v) is 7.42. The summed E-state index contributed by atoms with van der Waals surface area (Å²) in [6.45, 7) is 10.9. The minimum absolute atomic E-state index is 0.269. The molecule has 0 saturated carbocycles. The van der Waals surface area contributed by atoms with Crippen molar-refractivity contribution >= 4 is 0 Å². The van der Waals surface area contributed by atoms with Gasteiger partial charge in [0.25, 0.3) is 0 Å². The van der Waals surface area contributed by atoms with E-state index in [1.165, 1.54) is 24.1 Å². The summed E-state index contributed by atoms with van der Waals surface area (Å²) in [5.74, 6) is 0. The molecule has 2 fully saturated rings. The van der Waals surface area contributed by atoms with Crippen molar-refractivity contribution in [2.24, 2.45) is 7.05 Å². The molecule has 0 radical (unpaired) electrons. The number of aliphatic hydroxyl groups excluding tert-OH is 1. The van der Waals surface area contributed by atoms with Crippen LogP contribution in [0.25, 0.3) is 0 Å². The SMILES string of the molecule is Cc1c(CN2CCC(N3CCN(CCO)CC3)CC2)cc(C#N)n1C. The number of rotatable bonds is 5. The molecule has 0 bridgehead atoms. The molecule has 25 heavy (non-hydrogen) atoms. The largest absolute Gasteiger partial charge is 0.395 e. The van der Waals surface area contributed by atoms with Crippen LogP contribution in [0.1, 0.15) is 29.8 Å². The van der Waals surface area contributed by atoms with Crippen molar-refractivity contribution < 1.29 is 5.11 Å². The summed E-state index contributed by atoms with van der Waals surface area (Å²) < 4.78 is 1.99. The van der Waals surface area contributed by atoms with Crippen molar-refractivity contribution in [3.05, 3.63) is 23.0 Å². The van der Waals surface area contributed by atoms with Gasteiger partial charge in [0, 0.05) is 58.1 Å². The molecule has 0 amide bonds. The normalized spacial score (nSPS) is 21.5. The number of β-amino-alcohol motifs (C(OH)–C–C–N with tert-alkyl or cyclic N) is 1. The quantitative estimate of drug-likeness (QED) is 0.855. The van der Waals surface area contributed by atoms with Gasteiger partial charge in [0.05, 0.1) is 6.61 Å². The number of aromatic nitrogens is 1. The zero-order valence-electron chi connectivity index (χ0n) is 15.6. The van der Waals surface area contributed by atoms with E-state index in [1.807, 2.05) is 17.7 Å². The van der Waals surface area contributed by atoms with Gasteiger partial charge in [0.15, 0.2) is 0 Å². The molecule has 2 saturated heterocycles. The average molecular weight is 345 g/mol. The van der Waals surface area contributed by atoms with Crippen LogP contribution >= 0.6 is 0 Å². The lowest BCUT2D eigenvalue weighted by Gasteiger charge is -2.42. The van der Waals surface area contributed by atoms with E-state index in [-0.39, 0.29) is 6.61 Å². The van der Waals surface area contributed by atoms with Gasteiger partial charge in [-0.05, 0) is 44.5 Å². The number of nitrogens with zero attached hydrogens (tertiary/aromatic N) is 5. The molecule has 2 aliphatic rings. The lowest BCUT2D eigenvalue weighted by molar-refractivity contribution is 0.0516. The number of hydrogen-bond donors (Lipinski definition) is 1. The molecule has 0 aromatic carbocycles. The van der Waals surface area contributed by atoms with Crippen molar-refractivity contribution in [2.75, 3.05) is 52.4 Å². The Balaban J connectivity index is 1.47. The number of aliphatic hydroxyl groups is 1. The molecule has 6 nitrogen and oxygen atoms in total. The highest BCUT2D eigenvalue weighted by Gasteiger charge is 2.27. The molecule has 1 N–H and O–H groups in total. The number of nitriles is 1. The topological polar surface area (TPSA) is 58.7 Å². The maximum Gasteiger partial charge on any atom is 0.120 e. The van der Waals surface area contributed by atoms with Crippen molar-refractivity contribution in [1.82, 2.24) is 19.3 Å². The monoisotopic (exact) mass is 345 g/mol. The molecular weight excluding hydrogens is 314 g/mol. The van der Waals surface area contributed by atoms with Crippen molar-refractivity contribution in [2.45, 2.75) is 32.4 Å². The smallest absolute Gasteiger partial charge is 0.120 e. The van der Waals surface area contributed by atoms with Gasteiger partial charge in [-0.1, -0.05) is 0 Å². The molecule has 1 aromatic heterocycles. The second-order valence-electron chi connectivity index (χ2n) is 7.42. The number of likely N-dealkylation sites (tertiary alicyclic amines) is 1. The third-order valence-electron chi connectivity index (χ3n) is 6.05. The maximum atomic E-state index is 9.19. The Morgan fingerprint density at radius 1 is 1.12 bits per heavy atom. The highest BCUT2D eigenvalue weighted by Crippen LogP contribution is 2.22. The van der Waals surface area contributed by atoms with Crippen LogP contribution in [-0.2, 0) is 13.6 Å². The van der Waals surface area contributed by atoms with Crippen molar-refractivity contribution in [3.8, 4) is 6.07 Å². The Bertz CT molecular complexity index is 604. The van der Waals surface area contributed by atoms with E-state index in [1.54, 1.807) is 0 Å². The predicted molar refractivity (Wildman–Crippen MR) is 98.3 cm³/mol. The first-order valence-electron chi connectivity index (χ1n) is 9.47. The van der Waals surface area contributed by atoms with Gasteiger partial charge < -0.3 is 9.67 Å². The average Bonchev–Trinajstić information content (AvgIpc) is 2.91. The third kappa shape index (κ3) is 4.24. The van der Waals surface area contributed by atoms with Crippen LogP contribution in [0.5, 0.6) is 0 Å². The number of piperidine rings is 1. The molecule has 3 heterocycles. The van der Waals surface area contributed by atoms with Gasteiger partial charge in [0.2, 0.25) is 0 Å². The van der Waals surface area contributed by atoms with Crippen LogP contribution < -0.4 is 0 Å². The molecule has 0 aliphatic carbocycles. The molecule has 0 unspecified atom stereocenters. The van der Waals surface area contributed by atoms with Gasteiger partial charge in [-0.3, -0.25) is 14.7 Å². The first-order chi connectivity index (χ1) is 12.1.